The van der Waals surface area contributed by atoms with Crippen molar-refractivity contribution < 1.29 is 80.2 Å². The van der Waals surface area contributed by atoms with Gasteiger partial charge in [-0.3, -0.25) is 37.3 Å². The highest BCUT2D eigenvalue weighted by molar-refractivity contribution is 7.47. The number of hydrogen-bond acceptors (Lipinski definition) is 15. The molecule has 19 heteroatoms. The molecule has 0 bridgehead atoms. The molecule has 0 saturated heterocycles. The van der Waals surface area contributed by atoms with E-state index in [0.29, 0.717) is 25.7 Å². The summed E-state index contributed by atoms with van der Waals surface area (Å²) in [6, 6.07) is 0. The second-order valence-electron chi connectivity index (χ2n) is 27.4. The van der Waals surface area contributed by atoms with E-state index in [1.807, 2.05) is 0 Å². The van der Waals surface area contributed by atoms with Gasteiger partial charge in [-0.1, -0.05) is 330 Å². The van der Waals surface area contributed by atoms with Crippen LogP contribution in [0.3, 0.4) is 0 Å². The molecule has 0 aliphatic rings. The third kappa shape index (κ3) is 67.0. The molecular weight excluding hydrogens is 1220 g/mol. The van der Waals surface area contributed by atoms with Gasteiger partial charge in [0.2, 0.25) is 0 Å². The molecule has 0 aromatic carbocycles. The van der Waals surface area contributed by atoms with Gasteiger partial charge in [-0.25, -0.2) is 9.13 Å². The van der Waals surface area contributed by atoms with Crippen LogP contribution in [0.1, 0.15) is 382 Å². The minimum absolute atomic E-state index is 0.105. The summed E-state index contributed by atoms with van der Waals surface area (Å²) in [4.78, 5) is 72.7. The lowest BCUT2D eigenvalue weighted by Gasteiger charge is -2.21. The van der Waals surface area contributed by atoms with Gasteiger partial charge in [0, 0.05) is 25.7 Å². The third-order valence-corrected chi connectivity index (χ3v) is 19.5. The number of aliphatic hydroxyl groups is 1. The molecule has 0 fully saturated rings. The molecule has 0 rings (SSSR count). The van der Waals surface area contributed by atoms with E-state index in [4.69, 9.17) is 37.0 Å². The molecule has 0 spiro atoms. The highest BCUT2D eigenvalue weighted by Gasteiger charge is 2.30. The van der Waals surface area contributed by atoms with Gasteiger partial charge in [-0.15, -0.1) is 0 Å². The summed E-state index contributed by atoms with van der Waals surface area (Å²) in [5.41, 5.74) is 0. The highest BCUT2D eigenvalue weighted by Crippen LogP contribution is 2.45. The Hall–Kier alpha value is -1.94. The van der Waals surface area contributed by atoms with Crippen molar-refractivity contribution in [1.82, 2.24) is 0 Å². The van der Waals surface area contributed by atoms with Gasteiger partial charge >= 0.3 is 39.5 Å². The standard InChI is InChI=1S/C74H144O17P2/c1-7-10-12-14-16-18-20-23-28-32-39-45-51-57-72(77)85-62-69(90-73(78)58-52-46-40-33-29-25-22-21-24-27-30-37-43-49-55-67(6)9-3)64-88-92(80,81)86-60-68(75)61-87-93(82,83)89-65-70(91-74(79)59-53-47-41-35-34-36-42-48-54-66(4)5)63-84-71(76)56-50-44-38-31-26-19-17-15-13-11-8-2/h66-70,75H,7-65H2,1-6H3,(H,80,81)(H,82,83)/t67?,68-,69-,70-/m1/s1. The van der Waals surface area contributed by atoms with E-state index in [9.17, 15) is 43.2 Å². The molecule has 0 amide bonds. The Bertz CT molecular complexity index is 1810. The Morgan fingerprint density at radius 2 is 0.548 bits per heavy atom. The molecule has 3 N–H and O–H groups in total. The Kier molecular flexibility index (Phi) is 64.6. The van der Waals surface area contributed by atoms with E-state index in [1.165, 1.54) is 199 Å². The second-order valence-corrected chi connectivity index (χ2v) is 30.3. The first kappa shape index (κ1) is 91.1. The normalized spacial score (nSPS) is 14.3. The van der Waals surface area contributed by atoms with Crippen LogP contribution in [0.15, 0.2) is 0 Å². The zero-order valence-corrected chi connectivity index (χ0v) is 62.3. The number of phosphoric ester groups is 2. The van der Waals surface area contributed by atoms with Crippen molar-refractivity contribution in [3.63, 3.8) is 0 Å². The smallest absolute Gasteiger partial charge is 0.462 e. The molecular formula is C74H144O17P2. The van der Waals surface area contributed by atoms with Gasteiger partial charge in [0.05, 0.1) is 26.4 Å². The first-order chi connectivity index (χ1) is 44.9. The van der Waals surface area contributed by atoms with Crippen LogP contribution in [-0.2, 0) is 65.4 Å². The SMILES string of the molecule is CCCCCCCCCCCCCCCC(=O)OC[C@H](COP(=O)(O)OC[C@@H](O)COP(=O)(O)OC[C@@H](COC(=O)CCCCCCCCCCCCC)OC(=O)CCCCCCCCCCC(C)C)OC(=O)CCCCCCCCCCCCCCCCC(C)CC. The topological polar surface area (TPSA) is 237 Å². The molecule has 17 nitrogen and oxygen atoms in total. The van der Waals surface area contributed by atoms with Crippen LogP contribution in [0.4, 0.5) is 0 Å². The molecule has 0 aromatic rings. The number of carbonyl (C=O) groups is 4. The molecule has 0 aromatic heterocycles. The summed E-state index contributed by atoms with van der Waals surface area (Å²) >= 11 is 0. The van der Waals surface area contributed by atoms with E-state index >= 15 is 0 Å². The van der Waals surface area contributed by atoms with Crippen LogP contribution in [0.5, 0.6) is 0 Å². The van der Waals surface area contributed by atoms with E-state index < -0.39 is 97.5 Å². The van der Waals surface area contributed by atoms with Gasteiger partial charge in [-0.2, -0.15) is 0 Å². The monoisotopic (exact) mass is 1370 g/mol. The van der Waals surface area contributed by atoms with Crippen LogP contribution in [0.2, 0.25) is 0 Å². The van der Waals surface area contributed by atoms with E-state index in [-0.39, 0.29) is 25.7 Å². The lowest BCUT2D eigenvalue weighted by Crippen LogP contribution is -2.30. The van der Waals surface area contributed by atoms with Crippen molar-refractivity contribution in [1.29, 1.82) is 0 Å². The minimum atomic E-state index is -4.95. The van der Waals surface area contributed by atoms with Crippen molar-refractivity contribution >= 4 is 39.5 Å². The van der Waals surface area contributed by atoms with Crippen molar-refractivity contribution in [2.45, 2.75) is 400 Å². The maximum absolute atomic E-state index is 13.1. The number of phosphoric acid groups is 2. The summed E-state index contributed by atoms with van der Waals surface area (Å²) in [7, 11) is -9.91. The fourth-order valence-electron chi connectivity index (χ4n) is 11.3. The minimum Gasteiger partial charge on any atom is -0.462 e. The number of esters is 4. The Morgan fingerprint density at radius 1 is 0.312 bits per heavy atom. The summed E-state index contributed by atoms with van der Waals surface area (Å²) in [6.07, 6.45) is 52.6. The van der Waals surface area contributed by atoms with Crippen LogP contribution in [0, 0.1) is 11.8 Å². The first-order valence-corrected chi connectivity index (χ1v) is 41.5. The molecule has 0 aliphatic carbocycles. The van der Waals surface area contributed by atoms with Crippen molar-refractivity contribution in [3.05, 3.63) is 0 Å². The number of carbonyl (C=O) groups excluding carboxylic acids is 4. The lowest BCUT2D eigenvalue weighted by atomic mass is 9.99. The number of unbranched alkanes of at least 4 members (excludes halogenated alkanes) is 42. The number of aliphatic hydroxyl groups excluding tert-OH is 1. The molecule has 3 unspecified atom stereocenters. The van der Waals surface area contributed by atoms with Gasteiger partial charge in [-0.05, 0) is 37.5 Å². The van der Waals surface area contributed by atoms with Crippen molar-refractivity contribution in [2.75, 3.05) is 39.6 Å². The fourth-order valence-corrected chi connectivity index (χ4v) is 12.8. The summed E-state index contributed by atoms with van der Waals surface area (Å²) in [5, 5.41) is 10.6. The predicted molar refractivity (Wildman–Crippen MR) is 377 cm³/mol. The van der Waals surface area contributed by atoms with E-state index in [2.05, 4.69) is 41.5 Å². The zero-order chi connectivity index (χ0) is 68.6. The Balaban J connectivity index is 5.24. The summed E-state index contributed by atoms with van der Waals surface area (Å²) in [5.74, 6) is -0.554. The molecule has 0 radical (unpaired) electrons. The lowest BCUT2D eigenvalue weighted by molar-refractivity contribution is -0.161. The van der Waals surface area contributed by atoms with Crippen LogP contribution in [-0.4, -0.2) is 96.7 Å². The van der Waals surface area contributed by atoms with Gasteiger partial charge in [0.1, 0.15) is 19.3 Å². The Labute approximate surface area is 568 Å². The highest BCUT2D eigenvalue weighted by atomic mass is 31.2. The molecule has 93 heavy (non-hydrogen) atoms. The van der Waals surface area contributed by atoms with Crippen molar-refractivity contribution in [3.8, 4) is 0 Å². The van der Waals surface area contributed by atoms with Gasteiger partial charge in [0.25, 0.3) is 0 Å². The predicted octanol–water partition coefficient (Wildman–Crippen LogP) is 21.6. The Morgan fingerprint density at radius 3 is 0.817 bits per heavy atom. The van der Waals surface area contributed by atoms with E-state index in [1.54, 1.807) is 0 Å². The molecule has 6 atom stereocenters. The molecule has 0 saturated carbocycles. The first-order valence-electron chi connectivity index (χ1n) is 38.5. The van der Waals surface area contributed by atoms with Crippen LogP contribution >= 0.6 is 15.6 Å². The van der Waals surface area contributed by atoms with Gasteiger partial charge < -0.3 is 33.8 Å². The second kappa shape index (κ2) is 66.0. The number of hydrogen-bond donors (Lipinski definition) is 3. The quantitative estimate of drug-likeness (QED) is 0.0222. The van der Waals surface area contributed by atoms with Crippen LogP contribution < -0.4 is 0 Å². The molecule has 0 aliphatic heterocycles. The largest absolute Gasteiger partial charge is 0.472 e. The van der Waals surface area contributed by atoms with Crippen molar-refractivity contribution in [2.24, 2.45) is 11.8 Å². The average molecular weight is 1370 g/mol. The van der Waals surface area contributed by atoms with Gasteiger partial charge in [0.15, 0.2) is 12.2 Å². The fraction of sp³-hybridized carbons (Fsp3) is 0.946. The van der Waals surface area contributed by atoms with Crippen LogP contribution in [0.25, 0.3) is 0 Å². The average Bonchev–Trinajstić information content (AvgIpc) is 1.99. The number of rotatable bonds is 73. The summed E-state index contributed by atoms with van der Waals surface area (Å²) < 4.78 is 68.4. The molecule has 0 heterocycles. The third-order valence-electron chi connectivity index (χ3n) is 17.6. The van der Waals surface area contributed by atoms with E-state index in [0.717, 1.165) is 102 Å². The summed E-state index contributed by atoms with van der Waals surface area (Å²) in [6.45, 7) is 9.59. The maximum atomic E-state index is 13.1. The number of ether oxygens (including phenoxy) is 4. The maximum Gasteiger partial charge on any atom is 0.472 e. The molecule has 552 valence electrons. The zero-order valence-electron chi connectivity index (χ0n) is 60.6.